The molecule has 0 aromatic carbocycles. The van der Waals surface area contributed by atoms with Crippen LogP contribution >= 0.6 is 23.4 Å². The zero-order valence-corrected chi connectivity index (χ0v) is 16.3. The molecule has 3 rings (SSSR count). The van der Waals surface area contributed by atoms with Gasteiger partial charge in [-0.2, -0.15) is 11.8 Å². The minimum atomic E-state index is 0.180. The highest BCUT2D eigenvalue weighted by molar-refractivity contribution is 8.00. The average molecular weight is 374 g/mol. The first-order chi connectivity index (χ1) is 11.7. The lowest BCUT2D eigenvalue weighted by molar-refractivity contribution is -0.141. The van der Waals surface area contributed by atoms with E-state index >= 15 is 0 Å². The van der Waals surface area contributed by atoms with Crippen molar-refractivity contribution in [2.45, 2.75) is 93.4 Å². The Bertz CT molecular complexity index is 397. The van der Waals surface area contributed by atoms with Gasteiger partial charge in [0.2, 0.25) is 5.91 Å². The monoisotopic (exact) mass is 373 g/mol. The quantitative estimate of drug-likeness (QED) is 0.636. The first kappa shape index (κ1) is 18.8. The molecule has 2 saturated carbocycles. The van der Waals surface area contributed by atoms with Crippen LogP contribution in [0.4, 0.5) is 0 Å². The largest absolute Gasteiger partial charge is 0.368 e. The van der Waals surface area contributed by atoms with Crippen molar-refractivity contribution in [3.63, 3.8) is 0 Å². The van der Waals surface area contributed by atoms with Crippen molar-refractivity contribution in [1.82, 2.24) is 4.90 Å². The average Bonchev–Trinajstić information content (AvgIpc) is 3.12. The van der Waals surface area contributed by atoms with Gasteiger partial charge in [-0.1, -0.05) is 19.3 Å². The number of nitrogens with zero attached hydrogens (tertiary/aromatic N) is 1. The second kappa shape index (κ2) is 9.68. The highest BCUT2D eigenvalue weighted by atomic mass is 35.5. The number of hydrogen-bond donors (Lipinski definition) is 0. The summed E-state index contributed by atoms with van der Waals surface area (Å²) in [6.45, 7) is 1.18. The number of carbonyl (C=O) groups excluding carboxylic acids is 1. The normalized spacial score (nSPS) is 32.0. The van der Waals surface area contributed by atoms with Gasteiger partial charge in [-0.15, -0.1) is 11.6 Å². The molecule has 0 radical (unpaired) electrons. The van der Waals surface area contributed by atoms with E-state index in [1.54, 1.807) is 0 Å². The molecule has 2 aliphatic carbocycles. The summed E-state index contributed by atoms with van der Waals surface area (Å²) >= 11 is 8.29. The third-order valence-corrected chi connectivity index (χ3v) is 7.54. The van der Waals surface area contributed by atoms with Crippen LogP contribution in [0.1, 0.15) is 70.6 Å². The third-order valence-electron chi connectivity index (χ3n) is 5.76. The highest BCUT2D eigenvalue weighted by Gasteiger charge is 2.30. The van der Waals surface area contributed by atoms with E-state index in [-0.39, 0.29) is 24.0 Å². The first-order valence-electron chi connectivity index (χ1n) is 9.89. The van der Waals surface area contributed by atoms with Gasteiger partial charge < -0.3 is 9.64 Å². The zero-order valence-electron chi connectivity index (χ0n) is 14.8. The maximum Gasteiger partial charge on any atom is 0.248 e. The van der Waals surface area contributed by atoms with Gasteiger partial charge in [-0.05, 0) is 57.1 Å². The van der Waals surface area contributed by atoms with Crippen molar-refractivity contribution in [3.8, 4) is 0 Å². The molecule has 0 N–H and O–H groups in total. The number of thioether (sulfide) groups is 1. The van der Waals surface area contributed by atoms with E-state index < -0.39 is 0 Å². The molecular weight excluding hydrogens is 342 g/mol. The summed E-state index contributed by atoms with van der Waals surface area (Å²) in [6, 6.07) is 0.447. The van der Waals surface area contributed by atoms with Crippen LogP contribution in [0.2, 0.25) is 0 Å². The molecule has 138 valence electrons. The van der Waals surface area contributed by atoms with Crippen molar-refractivity contribution < 1.29 is 9.53 Å². The lowest BCUT2D eigenvalue weighted by atomic mass is 9.94. The Hall–Kier alpha value is 0.0700. The van der Waals surface area contributed by atoms with Crippen LogP contribution in [-0.4, -0.2) is 52.5 Å². The number of amides is 1. The molecule has 0 aromatic heterocycles. The fourth-order valence-electron chi connectivity index (χ4n) is 4.37. The molecule has 0 aromatic rings. The molecule has 3 nitrogen and oxygen atoms in total. The summed E-state index contributed by atoms with van der Waals surface area (Å²) in [5.41, 5.74) is 0. The van der Waals surface area contributed by atoms with Gasteiger partial charge in [-0.25, -0.2) is 0 Å². The van der Waals surface area contributed by atoms with Gasteiger partial charge >= 0.3 is 0 Å². The number of ether oxygens (including phenoxy) is 1. The Labute approximate surface area is 156 Å². The Morgan fingerprint density at radius 3 is 2.58 bits per heavy atom. The van der Waals surface area contributed by atoms with Crippen LogP contribution in [0, 0.1) is 0 Å². The number of halogens is 1. The molecule has 1 heterocycles. The van der Waals surface area contributed by atoms with E-state index in [9.17, 15) is 4.79 Å². The van der Waals surface area contributed by atoms with Crippen LogP contribution in [-0.2, 0) is 9.53 Å². The molecule has 24 heavy (non-hydrogen) atoms. The van der Waals surface area contributed by atoms with E-state index in [4.69, 9.17) is 16.3 Å². The summed E-state index contributed by atoms with van der Waals surface area (Å²) < 4.78 is 5.97. The Morgan fingerprint density at radius 2 is 1.88 bits per heavy atom. The SMILES string of the molecule is O=C(COC1CCCC(Cl)C1)N(CC1CCCS1)C1CCCCC1. The topological polar surface area (TPSA) is 29.5 Å². The smallest absolute Gasteiger partial charge is 0.248 e. The lowest BCUT2D eigenvalue weighted by Crippen LogP contribution is -2.46. The summed E-state index contributed by atoms with van der Waals surface area (Å²) in [4.78, 5) is 15.1. The van der Waals surface area contributed by atoms with Crippen LogP contribution in [0.25, 0.3) is 0 Å². The Balaban J connectivity index is 1.53. The van der Waals surface area contributed by atoms with Gasteiger partial charge in [0.1, 0.15) is 6.61 Å². The molecular formula is C19H32ClNO2S. The van der Waals surface area contributed by atoms with Gasteiger partial charge in [0, 0.05) is 23.2 Å². The fourth-order valence-corrected chi connectivity index (χ4v) is 5.99. The van der Waals surface area contributed by atoms with Gasteiger partial charge in [0.15, 0.2) is 0 Å². The van der Waals surface area contributed by atoms with E-state index in [1.807, 2.05) is 11.8 Å². The second-order valence-corrected chi connectivity index (χ2v) is 9.70. The Kier molecular flexibility index (Phi) is 7.60. The number of alkyl halides is 1. The summed E-state index contributed by atoms with van der Waals surface area (Å²) in [5.74, 6) is 1.47. The fraction of sp³-hybridized carbons (Fsp3) is 0.947. The number of rotatable bonds is 6. The predicted molar refractivity (Wildman–Crippen MR) is 102 cm³/mol. The molecule has 1 saturated heterocycles. The van der Waals surface area contributed by atoms with E-state index in [0.29, 0.717) is 11.3 Å². The van der Waals surface area contributed by atoms with Gasteiger partial charge in [0.05, 0.1) is 6.10 Å². The Morgan fingerprint density at radius 1 is 1.04 bits per heavy atom. The predicted octanol–water partition coefficient (Wildman–Crippen LogP) is 4.61. The van der Waals surface area contributed by atoms with Crippen molar-refractivity contribution in [3.05, 3.63) is 0 Å². The van der Waals surface area contributed by atoms with Crippen molar-refractivity contribution in [2.75, 3.05) is 18.9 Å². The van der Waals surface area contributed by atoms with Gasteiger partial charge in [0.25, 0.3) is 0 Å². The molecule has 0 spiro atoms. The summed E-state index contributed by atoms with van der Waals surface area (Å²) in [7, 11) is 0. The van der Waals surface area contributed by atoms with Crippen LogP contribution < -0.4 is 0 Å². The molecule has 3 unspecified atom stereocenters. The molecule has 0 bridgehead atoms. The molecule has 1 amide bonds. The van der Waals surface area contributed by atoms with Crippen LogP contribution in [0.3, 0.4) is 0 Å². The maximum absolute atomic E-state index is 12.9. The molecule has 3 fully saturated rings. The van der Waals surface area contributed by atoms with E-state index in [2.05, 4.69) is 4.90 Å². The van der Waals surface area contributed by atoms with Crippen molar-refractivity contribution >= 4 is 29.3 Å². The standard InChI is InChI=1S/C19H32ClNO2S/c20-15-6-4-9-17(12-15)23-14-19(22)21(13-18-10-5-11-24-18)16-7-2-1-3-8-16/h15-18H,1-14H2. The summed E-state index contributed by atoms with van der Waals surface area (Å²) in [5, 5.41) is 0.862. The lowest BCUT2D eigenvalue weighted by Gasteiger charge is -2.36. The molecule has 5 heteroatoms. The van der Waals surface area contributed by atoms with E-state index in [1.165, 1.54) is 50.7 Å². The molecule has 3 atom stereocenters. The van der Waals surface area contributed by atoms with Gasteiger partial charge in [-0.3, -0.25) is 4.79 Å². The molecule has 1 aliphatic heterocycles. The van der Waals surface area contributed by atoms with E-state index in [0.717, 1.165) is 32.2 Å². The van der Waals surface area contributed by atoms with Crippen molar-refractivity contribution in [1.29, 1.82) is 0 Å². The molecule has 3 aliphatic rings. The summed E-state index contributed by atoms with van der Waals surface area (Å²) in [6.07, 6.45) is 13.1. The minimum absolute atomic E-state index is 0.180. The maximum atomic E-state index is 12.9. The van der Waals surface area contributed by atoms with Crippen LogP contribution in [0.5, 0.6) is 0 Å². The number of carbonyl (C=O) groups is 1. The second-order valence-electron chi connectivity index (χ2n) is 7.67. The number of hydrogen-bond acceptors (Lipinski definition) is 3. The minimum Gasteiger partial charge on any atom is -0.368 e. The van der Waals surface area contributed by atoms with Crippen molar-refractivity contribution in [2.24, 2.45) is 0 Å². The van der Waals surface area contributed by atoms with Crippen LogP contribution in [0.15, 0.2) is 0 Å². The first-order valence-corrected chi connectivity index (χ1v) is 11.4. The highest BCUT2D eigenvalue weighted by Crippen LogP contribution is 2.30. The third kappa shape index (κ3) is 5.54. The zero-order chi connectivity index (χ0) is 16.8.